The first kappa shape index (κ1) is 25.1. The molecule has 35 heavy (non-hydrogen) atoms. The molecule has 2 aromatic carbocycles. The van der Waals surface area contributed by atoms with E-state index in [4.69, 9.17) is 4.74 Å². The first-order chi connectivity index (χ1) is 16.6. The zero-order valence-electron chi connectivity index (χ0n) is 20.6. The fourth-order valence-corrected chi connectivity index (χ4v) is 6.00. The van der Waals surface area contributed by atoms with E-state index >= 15 is 0 Å². The second-order valence-corrected chi connectivity index (χ2v) is 10.9. The highest BCUT2D eigenvalue weighted by molar-refractivity contribution is 9.10. The number of nitrogens with zero attached hydrogens (tertiary/aromatic N) is 3. The summed E-state index contributed by atoms with van der Waals surface area (Å²) < 4.78 is 8.20. The van der Waals surface area contributed by atoms with Gasteiger partial charge in [0.1, 0.15) is 0 Å². The van der Waals surface area contributed by atoms with Crippen LogP contribution in [0.3, 0.4) is 0 Å². The molecule has 182 valence electrons. The molecule has 0 unspecified atom stereocenters. The van der Waals surface area contributed by atoms with Crippen molar-refractivity contribution >= 4 is 45.0 Å². The van der Waals surface area contributed by atoms with Gasteiger partial charge in [-0.15, -0.1) is 0 Å². The number of carbonyl (C=O) groups excluding carboxylic acids is 1. The van der Waals surface area contributed by atoms with Crippen molar-refractivity contribution in [3.63, 3.8) is 0 Å². The Hall–Kier alpha value is -2.97. The molecule has 1 aliphatic rings. The average Bonchev–Trinajstić information content (AvgIpc) is 3.11. The minimum Gasteiger partial charge on any atom is -0.466 e. The maximum Gasteiger partial charge on any atom is 0.338 e. The first-order valence-corrected chi connectivity index (χ1v) is 12.9. The zero-order chi connectivity index (χ0) is 25.4. The van der Waals surface area contributed by atoms with E-state index in [0.717, 1.165) is 21.3 Å². The number of halogens is 1. The third-order valence-corrected chi connectivity index (χ3v) is 7.72. The van der Waals surface area contributed by atoms with E-state index in [1.807, 2.05) is 67.5 Å². The highest BCUT2D eigenvalue weighted by Crippen LogP contribution is 2.31. The number of hydrogen-bond donors (Lipinski definition) is 0. The van der Waals surface area contributed by atoms with Crippen molar-refractivity contribution in [2.45, 2.75) is 32.7 Å². The maximum absolute atomic E-state index is 13.7. The molecule has 0 saturated carbocycles. The van der Waals surface area contributed by atoms with Crippen molar-refractivity contribution in [1.82, 2.24) is 4.57 Å². The van der Waals surface area contributed by atoms with E-state index in [-0.39, 0.29) is 5.56 Å². The molecule has 4 rings (SSSR count). The first-order valence-electron chi connectivity index (χ1n) is 11.3. The van der Waals surface area contributed by atoms with Crippen LogP contribution in [-0.4, -0.2) is 31.7 Å². The van der Waals surface area contributed by atoms with Gasteiger partial charge >= 0.3 is 5.97 Å². The highest BCUT2D eigenvalue weighted by Gasteiger charge is 2.33. The zero-order valence-corrected chi connectivity index (χ0v) is 23.0. The van der Waals surface area contributed by atoms with Crippen molar-refractivity contribution < 1.29 is 9.53 Å². The van der Waals surface area contributed by atoms with Crippen LogP contribution in [0.15, 0.2) is 68.0 Å². The molecule has 0 saturated heterocycles. The topological polar surface area (TPSA) is 63.9 Å². The Labute approximate surface area is 217 Å². The molecule has 6 nitrogen and oxygen atoms in total. The number of benzene rings is 2. The minimum atomic E-state index is -0.607. The van der Waals surface area contributed by atoms with Crippen molar-refractivity contribution in [3.05, 3.63) is 94.6 Å². The van der Waals surface area contributed by atoms with Gasteiger partial charge in [-0.05, 0) is 63.7 Å². The van der Waals surface area contributed by atoms with Crippen molar-refractivity contribution in [3.8, 4) is 0 Å². The number of fused-ring (bicyclic) bond motifs is 1. The van der Waals surface area contributed by atoms with Crippen LogP contribution in [-0.2, 0) is 9.53 Å². The molecule has 0 N–H and O–H groups in total. The predicted octanol–water partition coefficient (Wildman–Crippen LogP) is 4.36. The summed E-state index contributed by atoms with van der Waals surface area (Å²) in [6.07, 6.45) is 1.87. The second kappa shape index (κ2) is 9.95. The molecule has 0 spiro atoms. The van der Waals surface area contributed by atoms with Crippen LogP contribution in [0.2, 0.25) is 0 Å². The van der Waals surface area contributed by atoms with Crippen LogP contribution in [0.5, 0.6) is 0 Å². The lowest BCUT2D eigenvalue weighted by Gasteiger charge is -2.24. The number of methoxy groups -OCH3 is 1. The summed E-state index contributed by atoms with van der Waals surface area (Å²) in [5.41, 5.74) is 4.72. The van der Waals surface area contributed by atoms with Gasteiger partial charge in [-0.3, -0.25) is 9.36 Å². The van der Waals surface area contributed by atoms with E-state index in [0.29, 0.717) is 26.5 Å². The summed E-state index contributed by atoms with van der Waals surface area (Å²) in [4.78, 5) is 33.7. The smallest absolute Gasteiger partial charge is 0.338 e. The Morgan fingerprint density at radius 2 is 1.89 bits per heavy atom. The quantitative estimate of drug-likeness (QED) is 0.440. The molecular formula is C27H28BrN3O3S. The molecule has 3 aromatic rings. The molecule has 1 aliphatic heterocycles. The van der Waals surface area contributed by atoms with Gasteiger partial charge in [0.15, 0.2) is 4.80 Å². The lowest BCUT2D eigenvalue weighted by Crippen LogP contribution is -2.39. The summed E-state index contributed by atoms with van der Waals surface area (Å²) in [7, 11) is 5.31. The molecule has 0 amide bonds. The molecule has 1 atom stereocenters. The predicted molar refractivity (Wildman–Crippen MR) is 145 cm³/mol. The second-order valence-electron chi connectivity index (χ2n) is 9.00. The molecular weight excluding hydrogens is 526 g/mol. The maximum atomic E-state index is 13.7. The number of rotatable bonds is 5. The number of esters is 1. The molecule has 0 bridgehead atoms. The normalized spacial score (nSPS) is 15.8. The summed E-state index contributed by atoms with van der Waals surface area (Å²) in [5.74, 6) is -0.108. The van der Waals surface area contributed by atoms with Crippen LogP contribution in [0, 0.1) is 0 Å². The summed E-state index contributed by atoms with van der Waals surface area (Å²) in [5, 5.41) is 0. The number of ether oxygens (including phenoxy) is 1. The molecule has 8 heteroatoms. The lowest BCUT2D eigenvalue weighted by atomic mass is 9.93. The van der Waals surface area contributed by atoms with Crippen molar-refractivity contribution in [2.24, 2.45) is 4.99 Å². The van der Waals surface area contributed by atoms with Gasteiger partial charge in [-0.1, -0.05) is 55.5 Å². The molecule has 0 aliphatic carbocycles. The Balaban J connectivity index is 1.91. The summed E-state index contributed by atoms with van der Waals surface area (Å²) in [6.45, 7) is 6.05. The molecule has 0 fully saturated rings. The third kappa shape index (κ3) is 4.77. The van der Waals surface area contributed by atoms with Gasteiger partial charge < -0.3 is 9.64 Å². The van der Waals surface area contributed by atoms with E-state index in [9.17, 15) is 9.59 Å². The van der Waals surface area contributed by atoms with Crippen LogP contribution < -0.4 is 19.8 Å². The van der Waals surface area contributed by atoms with E-state index in [1.165, 1.54) is 24.0 Å². The van der Waals surface area contributed by atoms with Gasteiger partial charge in [0.25, 0.3) is 5.56 Å². The van der Waals surface area contributed by atoms with Crippen LogP contribution in [0.25, 0.3) is 6.08 Å². The van der Waals surface area contributed by atoms with Gasteiger partial charge in [0.05, 0.1) is 34.6 Å². The Kier molecular flexibility index (Phi) is 7.15. The van der Waals surface area contributed by atoms with E-state index < -0.39 is 12.0 Å². The number of carbonyl (C=O) groups is 1. The monoisotopic (exact) mass is 553 g/mol. The van der Waals surface area contributed by atoms with Crippen molar-refractivity contribution in [2.75, 3.05) is 26.1 Å². The van der Waals surface area contributed by atoms with Crippen LogP contribution in [0.1, 0.15) is 49.4 Å². The minimum absolute atomic E-state index is 0.187. The highest BCUT2D eigenvalue weighted by atomic mass is 79.9. The summed E-state index contributed by atoms with van der Waals surface area (Å²) >= 11 is 4.93. The number of thiazole rings is 1. The van der Waals surface area contributed by atoms with Gasteiger partial charge in [-0.25, -0.2) is 9.79 Å². The van der Waals surface area contributed by atoms with Crippen molar-refractivity contribution in [1.29, 1.82) is 0 Å². The molecule has 0 radical (unpaired) electrons. The number of allylic oxidation sites excluding steroid dienone is 1. The van der Waals surface area contributed by atoms with Crippen LogP contribution >= 0.6 is 27.3 Å². The Morgan fingerprint density at radius 1 is 1.20 bits per heavy atom. The molecule has 2 heterocycles. The van der Waals surface area contributed by atoms with Gasteiger partial charge in [-0.2, -0.15) is 0 Å². The number of hydrogen-bond acceptors (Lipinski definition) is 6. The third-order valence-electron chi connectivity index (χ3n) is 6.10. The SMILES string of the molecule is COC(=O)C1=C(C)N=c2sc(=Cc3ccc(N(C)C)c(Br)c3)c(=O)n2[C@@H]1c1ccc(C(C)C)cc1. The summed E-state index contributed by atoms with van der Waals surface area (Å²) in [6, 6.07) is 13.4. The van der Waals surface area contributed by atoms with Gasteiger partial charge in [0.2, 0.25) is 0 Å². The number of anilines is 1. The van der Waals surface area contributed by atoms with E-state index in [1.54, 1.807) is 11.5 Å². The number of aromatic nitrogens is 1. The average molecular weight is 555 g/mol. The van der Waals surface area contributed by atoms with Crippen LogP contribution in [0.4, 0.5) is 5.69 Å². The largest absolute Gasteiger partial charge is 0.466 e. The Morgan fingerprint density at radius 3 is 2.46 bits per heavy atom. The fraction of sp³-hybridized carbons (Fsp3) is 0.296. The van der Waals surface area contributed by atoms with Gasteiger partial charge in [0, 0.05) is 18.6 Å². The fourth-order valence-electron chi connectivity index (χ4n) is 4.20. The standard InChI is InChI=1S/C27H28BrN3O3S/c1-15(2)18-8-10-19(11-9-18)24-23(26(33)34-6)16(3)29-27-31(24)25(32)22(35-27)14-17-7-12-21(30(4)5)20(28)13-17/h7-15,24H,1-6H3/t24-/m1/s1. The molecule has 1 aromatic heterocycles. The Bertz CT molecular complexity index is 1500. The van der Waals surface area contributed by atoms with E-state index in [2.05, 4.69) is 34.8 Å². The lowest BCUT2D eigenvalue weighted by molar-refractivity contribution is -0.136.